The molecule has 1 aromatic heterocycles. The number of hydrogen-bond acceptors (Lipinski definition) is 3. The number of nitrogens with zero attached hydrogens (tertiary/aromatic N) is 2. The maximum absolute atomic E-state index is 13.7. The Hall–Kier alpha value is -1.49. The van der Waals surface area contributed by atoms with Crippen molar-refractivity contribution in [3.05, 3.63) is 34.7 Å². The molecule has 16 heavy (non-hydrogen) atoms. The van der Waals surface area contributed by atoms with Crippen molar-refractivity contribution in [2.24, 2.45) is 0 Å². The molecule has 0 aliphatic rings. The average Bonchev–Trinajstić information content (AvgIpc) is 2.74. The molecule has 1 aromatic carbocycles. The molecule has 1 heterocycles. The molecule has 2 rings (SSSR count). The van der Waals surface area contributed by atoms with E-state index in [0.29, 0.717) is 5.69 Å². The zero-order chi connectivity index (χ0) is 11.7. The molecule has 0 N–H and O–H groups in total. The predicted molar refractivity (Wildman–Crippen MR) is 61.8 cm³/mol. The van der Waals surface area contributed by atoms with Crippen LogP contribution in [-0.4, -0.2) is 19.1 Å². The normalized spacial score (nSPS) is 10.5. The summed E-state index contributed by atoms with van der Waals surface area (Å²) in [6.07, 6.45) is 0. The number of thiazole rings is 1. The Labute approximate surface area is 96.2 Å². The van der Waals surface area contributed by atoms with E-state index in [1.54, 1.807) is 37.1 Å². The molecule has 2 aromatic rings. The van der Waals surface area contributed by atoms with E-state index in [0.717, 1.165) is 0 Å². The fraction of sp³-hybridized carbons (Fsp3) is 0.182. The molecule has 0 amide bonds. The number of halogens is 2. The maximum Gasteiger partial charge on any atom is 0.182 e. The van der Waals surface area contributed by atoms with Crippen molar-refractivity contribution in [2.75, 3.05) is 19.0 Å². The molecule has 0 unspecified atom stereocenters. The summed E-state index contributed by atoms with van der Waals surface area (Å²) >= 11 is 1.35. The van der Waals surface area contributed by atoms with Gasteiger partial charge in [0.25, 0.3) is 0 Å². The van der Waals surface area contributed by atoms with Crippen LogP contribution in [0.1, 0.15) is 0 Å². The molecule has 0 saturated carbocycles. The number of benzene rings is 1. The van der Waals surface area contributed by atoms with E-state index in [9.17, 15) is 8.78 Å². The topological polar surface area (TPSA) is 16.1 Å². The van der Waals surface area contributed by atoms with Gasteiger partial charge >= 0.3 is 0 Å². The van der Waals surface area contributed by atoms with Crippen LogP contribution >= 0.6 is 11.3 Å². The lowest BCUT2D eigenvalue weighted by atomic mass is 10.1. The van der Waals surface area contributed by atoms with Crippen molar-refractivity contribution >= 4 is 17.0 Å². The van der Waals surface area contributed by atoms with E-state index in [1.807, 2.05) is 0 Å². The van der Waals surface area contributed by atoms with E-state index >= 15 is 0 Å². The van der Waals surface area contributed by atoms with Gasteiger partial charge in [0.05, 0.1) is 16.9 Å². The molecule has 84 valence electrons. The Kier molecular flexibility index (Phi) is 2.87. The van der Waals surface area contributed by atoms with Gasteiger partial charge in [0.15, 0.2) is 11.6 Å². The largest absolute Gasteiger partial charge is 0.375 e. The first-order valence-electron chi connectivity index (χ1n) is 4.65. The summed E-state index contributed by atoms with van der Waals surface area (Å²) in [6, 6.07) is 3.09. The maximum atomic E-state index is 13.7. The fourth-order valence-corrected chi connectivity index (χ4v) is 1.98. The molecule has 0 fully saturated rings. The van der Waals surface area contributed by atoms with Crippen LogP contribution in [0.3, 0.4) is 0 Å². The van der Waals surface area contributed by atoms with Gasteiger partial charge in [0, 0.05) is 25.0 Å². The van der Waals surface area contributed by atoms with E-state index in [4.69, 9.17) is 0 Å². The Bertz CT molecular complexity index is 495. The Morgan fingerprint density at radius 2 is 1.94 bits per heavy atom. The quantitative estimate of drug-likeness (QED) is 0.801. The van der Waals surface area contributed by atoms with Crippen molar-refractivity contribution in [1.82, 2.24) is 4.98 Å². The third kappa shape index (κ3) is 1.78. The molecule has 5 heteroatoms. The zero-order valence-corrected chi connectivity index (χ0v) is 9.68. The summed E-state index contributed by atoms with van der Waals surface area (Å²) < 4.78 is 27.4. The van der Waals surface area contributed by atoms with Gasteiger partial charge < -0.3 is 4.90 Å². The summed E-state index contributed by atoms with van der Waals surface area (Å²) in [5.74, 6) is -1.69. The van der Waals surface area contributed by atoms with Crippen LogP contribution in [0.2, 0.25) is 0 Å². The number of hydrogen-bond donors (Lipinski definition) is 0. The van der Waals surface area contributed by atoms with Gasteiger partial charge in [-0.15, -0.1) is 11.3 Å². The highest BCUT2D eigenvalue weighted by atomic mass is 32.1. The van der Waals surface area contributed by atoms with E-state index < -0.39 is 11.6 Å². The van der Waals surface area contributed by atoms with Crippen molar-refractivity contribution in [3.8, 4) is 11.3 Å². The average molecular weight is 240 g/mol. The summed E-state index contributed by atoms with van der Waals surface area (Å²) in [5, 5.41) is 1.69. The number of aromatic nitrogens is 1. The van der Waals surface area contributed by atoms with Crippen LogP contribution in [0.5, 0.6) is 0 Å². The Morgan fingerprint density at radius 1 is 1.19 bits per heavy atom. The van der Waals surface area contributed by atoms with Gasteiger partial charge in [-0.2, -0.15) is 0 Å². The SMILES string of the molecule is CN(C)c1ccc(-c2cscn2)c(F)c1F. The second-order valence-electron chi connectivity index (χ2n) is 3.53. The highest BCUT2D eigenvalue weighted by Crippen LogP contribution is 2.29. The van der Waals surface area contributed by atoms with Crippen LogP contribution in [-0.2, 0) is 0 Å². The van der Waals surface area contributed by atoms with Gasteiger partial charge in [-0.25, -0.2) is 13.8 Å². The lowest BCUT2D eigenvalue weighted by Gasteiger charge is -2.14. The van der Waals surface area contributed by atoms with E-state index in [2.05, 4.69) is 4.98 Å². The number of anilines is 1. The van der Waals surface area contributed by atoms with Crippen molar-refractivity contribution in [1.29, 1.82) is 0 Å². The standard InChI is InChI=1S/C11H10F2N2S/c1-15(2)9-4-3-7(10(12)11(9)13)8-5-16-6-14-8/h3-6H,1-2H3. The van der Waals surface area contributed by atoms with Crippen LogP contribution < -0.4 is 4.90 Å². The Morgan fingerprint density at radius 3 is 2.50 bits per heavy atom. The molecule has 0 atom stereocenters. The molecule has 0 bridgehead atoms. The minimum Gasteiger partial charge on any atom is -0.375 e. The third-order valence-electron chi connectivity index (χ3n) is 2.25. The molecule has 0 radical (unpaired) electrons. The summed E-state index contributed by atoms with van der Waals surface area (Å²) in [7, 11) is 3.33. The lowest BCUT2D eigenvalue weighted by molar-refractivity contribution is 0.511. The molecule has 0 saturated heterocycles. The highest BCUT2D eigenvalue weighted by molar-refractivity contribution is 7.07. The molecular weight excluding hydrogens is 230 g/mol. The predicted octanol–water partition coefficient (Wildman–Crippen LogP) is 3.15. The van der Waals surface area contributed by atoms with Gasteiger partial charge in [-0.05, 0) is 12.1 Å². The third-order valence-corrected chi connectivity index (χ3v) is 2.84. The van der Waals surface area contributed by atoms with Gasteiger partial charge in [0.2, 0.25) is 0 Å². The number of rotatable bonds is 2. The summed E-state index contributed by atoms with van der Waals surface area (Å²) in [4.78, 5) is 5.49. The minimum absolute atomic E-state index is 0.198. The summed E-state index contributed by atoms with van der Waals surface area (Å²) in [6.45, 7) is 0. The minimum atomic E-state index is -0.850. The Balaban J connectivity index is 2.56. The first-order valence-corrected chi connectivity index (χ1v) is 5.59. The van der Waals surface area contributed by atoms with E-state index in [1.165, 1.54) is 16.2 Å². The first-order chi connectivity index (χ1) is 7.61. The molecular formula is C11H10F2N2S. The zero-order valence-electron chi connectivity index (χ0n) is 8.87. The van der Waals surface area contributed by atoms with Crippen molar-refractivity contribution in [2.45, 2.75) is 0 Å². The second kappa shape index (κ2) is 4.17. The van der Waals surface area contributed by atoms with Crippen molar-refractivity contribution < 1.29 is 8.78 Å². The van der Waals surface area contributed by atoms with Crippen LogP contribution in [0.4, 0.5) is 14.5 Å². The first kappa shape index (κ1) is 11.0. The van der Waals surface area contributed by atoms with Crippen LogP contribution in [0, 0.1) is 11.6 Å². The smallest absolute Gasteiger partial charge is 0.182 e. The molecule has 0 aliphatic carbocycles. The second-order valence-corrected chi connectivity index (χ2v) is 4.25. The summed E-state index contributed by atoms with van der Waals surface area (Å²) in [5.41, 5.74) is 2.49. The molecule has 0 spiro atoms. The van der Waals surface area contributed by atoms with Gasteiger partial charge in [-0.1, -0.05) is 0 Å². The van der Waals surface area contributed by atoms with Crippen molar-refractivity contribution in [3.63, 3.8) is 0 Å². The molecule has 2 nitrogen and oxygen atoms in total. The lowest BCUT2D eigenvalue weighted by Crippen LogP contribution is -2.11. The van der Waals surface area contributed by atoms with E-state index in [-0.39, 0.29) is 11.3 Å². The highest BCUT2D eigenvalue weighted by Gasteiger charge is 2.16. The van der Waals surface area contributed by atoms with Gasteiger partial charge in [-0.3, -0.25) is 0 Å². The monoisotopic (exact) mass is 240 g/mol. The fourth-order valence-electron chi connectivity index (χ4n) is 1.43. The molecule has 0 aliphatic heterocycles. The van der Waals surface area contributed by atoms with Gasteiger partial charge in [0.1, 0.15) is 0 Å². The van der Waals surface area contributed by atoms with Crippen LogP contribution in [0.15, 0.2) is 23.0 Å². The van der Waals surface area contributed by atoms with Crippen LogP contribution in [0.25, 0.3) is 11.3 Å².